The summed E-state index contributed by atoms with van der Waals surface area (Å²) in [6.45, 7) is 2.22. The van der Waals surface area contributed by atoms with Crippen LogP contribution in [0.1, 0.15) is 23.7 Å². The minimum atomic E-state index is -0.723. The van der Waals surface area contributed by atoms with Crippen molar-refractivity contribution in [2.75, 3.05) is 37.6 Å². The van der Waals surface area contributed by atoms with Gasteiger partial charge in [0.1, 0.15) is 17.5 Å². The first-order chi connectivity index (χ1) is 15.5. The molecular weight excluding hydrogens is 430 g/mol. The largest absolute Gasteiger partial charge is 0.497 e. The highest BCUT2D eigenvalue weighted by Crippen LogP contribution is 2.16. The van der Waals surface area contributed by atoms with Crippen molar-refractivity contribution < 1.29 is 23.9 Å². The van der Waals surface area contributed by atoms with Gasteiger partial charge in [0, 0.05) is 11.3 Å². The Morgan fingerprint density at radius 3 is 2.25 bits per heavy atom. The van der Waals surface area contributed by atoms with Gasteiger partial charge in [-0.25, -0.2) is 0 Å². The van der Waals surface area contributed by atoms with Crippen LogP contribution < -0.4 is 25.4 Å². The number of nitrogens with one attached hydrogen (secondary N) is 3. The lowest BCUT2D eigenvalue weighted by Crippen LogP contribution is -2.47. The number of hydrogen-bond donors (Lipinski definition) is 3. The van der Waals surface area contributed by atoms with Crippen molar-refractivity contribution in [3.05, 3.63) is 54.1 Å². The third-order valence-electron chi connectivity index (χ3n) is 4.46. The molecular formula is C23H29N3O5S. The molecule has 0 aliphatic carbocycles. The van der Waals surface area contributed by atoms with Crippen LogP contribution in [0, 0.1) is 0 Å². The summed E-state index contributed by atoms with van der Waals surface area (Å²) in [6, 6.07) is 12.8. The Kier molecular flexibility index (Phi) is 10.4. The van der Waals surface area contributed by atoms with Crippen LogP contribution in [0.15, 0.2) is 48.5 Å². The molecule has 0 aliphatic rings. The Bertz CT molecular complexity index is 888. The second kappa shape index (κ2) is 13.3. The van der Waals surface area contributed by atoms with Crippen molar-refractivity contribution in [1.82, 2.24) is 10.6 Å². The van der Waals surface area contributed by atoms with E-state index in [0.717, 1.165) is 0 Å². The molecule has 2 aromatic carbocycles. The van der Waals surface area contributed by atoms with E-state index >= 15 is 0 Å². The zero-order chi connectivity index (χ0) is 23.3. The molecule has 0 saturated carbocycles. The average molecular weight is 460 g/mol. The summed E-state index contributed by atoms with van der Waals surface area (Å²) in [5, 5.41) is 8.08. The molecule has 0 aliphatic heterocycles. The number of ether oxygens (including phenoxy) is 2. The Morgan fingerprint density at radius 1 is 1.00 bits per heavy atom. The number of carbonyl (C=O) groups excluding carboxylic acids is 3. The van der Waals surface area contributed by atoms with Crippen molar-refractivity contribution in [3.8, 4) is 11.5 Å². The first-order valence-corrected chi connectivity index (χ1v) is 11.6. The van der Waals surface area contributed by atoms with E-state index in [4.69, 9.17) is 9.47 Å². The van der Waals surface area contributed by atoms with Gasteiger partial charge in [0.2, 0.25) is 11.8 Å². The molecule has 1 atom stereocenters. The molecule has 3 N–H and O–H groups in total. The van der Waals surface area contributed by atoms with Crippen LogP contribution in [-0.4, -0.2) is 56.0 Å². The zero-order valence-electron chi connectivity index (χ0n) is 18.5. The smallest absolute Gasteiger partial charge is 0.251 e. The number of carbonyl (C=O) groups is 3. The van der Waals surface area contributed by atoms with Crippen molar-refractivity contribution in [2.24, 2.45) is 0 Å². The minimum absolute atomic E-state index is 0.239. The number of benzene rings is 2. The second-order valence-electron chi connectivity index (χ2n) is 6.76. The SMILES string of the molecule is CCOc1ccc(NC(=O)[C@H](CCSC)NC(=O)CNC(=O)c2ccc(OC)cc2)cc1. The summed E-state index contributed by atoms with van der Waals surface area (Å²) >= 11 is 1.58. The maximum Gasteiger partial charge on any atom is 0.251 e. The Morgan fingerprint density at radius 2 is 1.66 bits per heavy atom. The third kappa shape index (κ3) is 8.14. The summed E-state index contributed by atoms with van der Waals surface area (Å²) in [7, 11) is 1.54. The molecule has 0 heterocycles. The van der Waals surface area contributed by atoms with Gasteiger partial charge >= 0.3 is 0 Å². The predicted molar refractivity (Wildman–Crippen MR) is 126 cm³/mol. The van der Waals surface area contributed by atoms with Crippen molar-refractivity contribution in [3.63, 3.8) is 0 Å². The normalized spacial score (nSPS) is 11.2. The minimum Gasteiger partial charge on any atom is -0.497 e. The van der Waals surface area contributed by atoms with Crippen LogP contribution in [-0.2, 0) is 9.59 Å². The topological polar surface area (TPSA) is 106 Å². The number of thioether (sulfide) groups is 1. The number of rotatable bonds is 12. The van der Waals surface area contributed by atoms with Gasteiger partial charge in [-0.3, -0.25) is 14.4 Å². The number of methoxy groups -OCH3 is 1. The van der Waals surface area contributed by atoms with Gasteiger partial charge < -0.3 is 25.4 Å². The monoisotopic (exact) mass is 459 g/mol. The molecule has 8 nitrogen and oxygen atoms in total. The summed E-state index contributed by atoms with van der Waals surface area (Å²) in [6.07, 6.45) is 2.39. The lowest BCUT2D eigenvalue weighted by molar-refractivity contribution is -0.125. The quantitative estimate of drug-likeness (QED) is 0.451. The number of hydrogen-bond acceptors (Lipinski definition) is 6. The fourth-order valence-corrected chi connectivity index (χ4v) is 3.26. The van der Waals surface area contributed by atoms with Crippen LogP contribution in [0.4, 0.5) is 5.69 Å². The lowest BCUT2D eigenvalue weighted by Gasteiger charge is -2.18. The van der Waals surface area contributed by atoms with Crippen molar-refractivity contribution in [2.45, 2.75) is 19.4 Å². The molecule has 0 aromatic heterocycles. The number of amides is 3. The highest BCUT2D eigenvalue weighted by molar-refractivity contribution is 7.98. The molecule has 9 heteroatoms. The van der Waals surface area contributed by atoms with Crippen LogP contribution in [0.2, 0.25) is 0 Å². The molecule has 0 radical (unpaired) electrons. The van der Waals surface area contributed by atoms with E-state index in [1.807, 2.05) is 13.2 Å². The Hall–Kier alpha value is -3.20. The van der Waals surface area contributed by atoms with E-state index in [1.54, 1.807) is 67.4 Å². The lowest BCUT2D eigenvalue weighted by atomic mass is 10.2. The predicted octanol–water partition coefficient (Wildman–Crippen LogP) is 2.70. The van der Waals surface area contributed by atoms with Gasteiger partial charge in [0.25, 0.3) is 5.91 Å². The van der Waals surface area contributed by atoms with E-state index in [1.165, 1.54) is 0 Å². The number of anilines is 1. The van der Waals surface area contributed by atoms with Crippen LogP contribution in [0.25, 0.3) is 0 Å². The van der Waals surface area contributed by atoms with Crippen molar-refractivity contribution in [1.29, 1.82) is 0 Å². The van der Waals surface area contributed by atoms with Gasteiger partial charge in [-0.1, -0.05) is 0 Å². The molecule has 3 amide bonds. The van der Waals surface area contributed by atoms with E-state index in [2.05, 4.69) is 16.0 Å². The summed E-state index contributed by atoms with van der Waals surface area (Å²) in [5.41, 5.74) is 1.01. The highest BCUT2D eigenvalue weighted by atomic mass is 32.2. The zero-order valence-corrected chi connectivity index (χ0v) is 19.3. The van der Waals surface area contributed by atoms with Crippen LogP contribution >= 0.6 is 11.8 Å². The van der Waals surface area contributed by atoms with Gasteiger partial charge in [0.15, 0.2) is 0 Å². The Labute approximate surface area is 192 Å². The van der Waals surface area contributed by atoms with E-state index in [0.29, 0.717) is 41.5 Å². The molecule has 2 rings (SSSR count). The van der Waals surface area contributed by atoms with Gasteiger partial charge in [0.05, 0.1) is 20.3 Å². The fraction of sp³-hybridized carbons (Fsp3) is 0.348. The van der Waals surface area contributed by atoms with E-state index in [9.17, 15) is 14.4 Å². The third-order valence-corrected chi connectivity index (χ3v) is 5.10. The maximum atomic E-state index is 12.7. The Balaban J connectivity index is 1.90. The van der Waals surface area contributed by atoms with Crippen LogP contribution in [0.3, 0.4) is 0 Å². The van der Waals surface area contributed by atoms with Crippen LogP contribution in [0.5, 0.6) is 11.5 Å². The molecule has 0 spiro atoms. The molecule has 32 heavy (non-hydrogen) atoms. The van der Waals surface area contributed by atoms with E-state index in [-0.39, 0.29) is 18.4 Å². The average Bonchev–Trinajstić information content (AvgIpc) is 2.81. The molecule has 2 aromatic rings. The molecule has 172 valence electrons. The van der Waals surface area contributed by atoms with Gasteiger partial charge in [-0.2, -0.15) is 11.8 Å². The summed E-state index contributed by atoms with van der Waals surface area (Å²) < 4.78 is 10.5. The van der Waals surface area contributed by atoms with Crippen molar-refractivity contribution >= 4 is 35.2 Å². The van der Waals surface area contributed by atoms with Gasteiger partial charge in [-0.15, -0.1) is 0 Å². The highest BCUT2D eigenvalue weighted by Gasteiger charge is 2.21. The first kappa shape index (κ1) is 25.1. The summed E-state index contributed by atoms with van der Waals surface area (Å²) in [5.74, 6) is 0.889. The summed E-state index contributed by atoms with van der Waals surface area (Å²) in [4.78, 5) is 37.3. The molecule has 0 unspecified atom stereocenters. The fourth-order valence-electron chi connectivity index (χ4n) is 2.79. The molecule has 0 saturated heterocycles. The first-order valence-electron chi connectivity index (χ1n) is 10.2. The maximum absolute atomic E-state index is 12.7. The standard InChI is InChI=1S/C23H29N3O5S/c1-4-31-19-11-7-17(8-12-19)25-23(29)20(13-14-32-3)26-21(27)15-24-22(28)16-5-9-18(30-2)10-6-16/h5-12,20H,4,13-15H2,1-3H3,(H,24,28)(H,25,29)(H,26,27)/t20-/m0/s1. The van der Waals surface area contributed by atoms with E-state index < -0.39 is 11.9 Å². The van der Waals surface area contributed by atoms with Gasteiger partial charge in [-0.05, 0) is 73.9 Å². The molecule has 0 fully saturated rings. The molecule has 0 bridgehead atoms. The second-order valence-corrected chi connectivity index (χ2v) is 7.74.